The first-order valence-electron chi connectivity index (χ1n) is 8.02. The van der Waals surface area contributed by atoms with Gasteiger partial charge in [0.15, 0.2) is 0 Å². The summed E-state index contributed by atoms with van der Waals surface area (Å²) in [5.74, 6) is 0.440. The highest BCUT2D eigenvalue weighted by Gasteiger charge is 2.31. The first-order valence-corrected chi connectivity index (χ1v) is 8.83. The summed E-state index contributed by atoms with van der Waals surface area (Å²) >= 11 is 1.73. The van der Waals surface area contributed by atoms with Crippen molar-refractivity contribution in [1.29, 1.82) is 0 Å². The van der Waals surface area contributed by atoms with Crippen LogP contribution in [-0.4, -0.2) is 27.1 Å². The van der Waals surface area contributed by atoms with Crippen molar-refractivity contribution in [3.8, 4) is 0 Å². The summed E-state index contributed by atoms with van der Waals surface area (Å²) in [7, 11) is 0. The number of anilines is 1. The predicted octanol–water partition coefficient (Wildman–Crippen LogP) is 3.73. The number of aryl methyl sites for hydroxylation is 1. The third-order valence-corrected chi connectivity index (χ3v) is 5.96. The lowest BCUT2D eigenvalue weighted by Gasteiger charge is -2.33. The first-order chi connectivity index (χ1) is 10.8. The molecule has 0 aromatic carbocycles. The van der Waals surface area contributed by atoms with Crippen molar-refractivity contribution in [2.75, 3.05) is 5.32 Å². The fourth-order valence-electron chi connectivity index (χ4n) is 3.23. The summed E-state index contributed by atoms with van der Waals surface area (Å²) in [4.78, 5) is 22.2. The summed E-state index contributed by atoms with van der Waals surface area (Å²) < 4.78 is 0. The highest BCUT2D eigenvalue weighted by molar-refractivity contribution is 7.19. The molecule has 6 heteroatoms. The average Bonchev–Trinajstić information content (AvgIpc) is 2.84. The molecule has 1 aliphatic carbocycles. The molecule has 0 saturated carbocycles. The van der Waals surface area contributed by atoms with Crippen LogP contribution in [-0.2, 0) is 17.6 Å². The van der Waals surface area contributed by atoms with E-state index in [-0.39, 0.29) is 0 Å². The number of hydrogen-bond donors (Lipinski definition) is 2. The maximum absolute atomic E-state index is 11.1. The molecule has 1 aliphatic rings. The van der Waals surface area contributed by atoms with Gasteiger partial charge in [-0.25, -0.2) is 9.97 Å². The van der Waals surface area contributed by atoms with Gasteiger partial charge in [-0.05, 0) is 43.1 Å². The van der Waals surface area contributed by atoms with Crippen molar-refractivity contribution < 1.29 is 9.90 Å². The van der Waals surface area contributed by atoms with Gasteiger partial charge in [0.05, 0.1) is 5.39 Å². The quantitative estimate of drug-likeness (QED) is 0.895. The molecule has 0 spiro atoms. The fourth-order valence-corrected chi connectivity index (χ4v) is 4.49. The number of hydrogen-bond acceptors (Lipinski definition) is 5. The Kier molecular flexibility index (Phi) is 4.04. The predicted molar refractivity (Wildman–Crippen MR) is 93.1 cm³/mol. The van der Waals surface area contributed by atoms with Crippen LogP contribution in [0.4, 0.5) is 5.82 Å². The zero-order chi connectivity index (χ0) is 16.8. The van der Waals surface area contributed by atoms with Crippen molar-refractivity contribution in [3.05, 3.63) is 16.8 Å². The minimum absolute atomic E-state index is 0.304. The second-order valence-electron chi connectivity index (χ2n) is 7.42. The van der Waals surface area contributed by atoms with Gasteiger partial charge in [0.25, 0.3) is 0 Å². The van der Waals surface area contributed by atoms with E-state index in [1.165, 1.54) is 16.8 Å². The Balaban J connectivity index is 2.01. The minimum atomic E-state index is -0.881. The lowest BCUT2D eigenvalue weighted by molar-refractivity contribution is -0.137. The van der Waals surface area contributed by atoms with E-state index in [0.717, 1.165) is 29.5 Å². The van der Waals surface area contributed by atoms with Crippen LogP contribution in [0.25, 0.3) is 10.2 Å². The highest BCUT2D eigenvalue weighted by atomic mass is 32.1. The van der Waals surface area contributed by atoms with Crippen molar-refractivity contribution in [2.45, 2.75) is 53.0 Å². The second-order valence-corrected chi connectivity index (χ2v) is 8.50. The molecule has 0 amide bonds. The van der Waals surface area contributed by atoms with Crippen LogP contribution in [0.1, 0.15) is 44.6 Å². The summed E-state index contributed by atoms with van der Waals surface area (Å²) in [5, 5.41) is 13.2. The van der Waals surface area contributed by atoms with E-state index in [1.54, 1.807) is 18.3 Å². The van der Waals surface area contributed by atoms with Gasteiger partial charge >= 0.3 is 5.97 Å². The third kappa shape index (κ3) is 3.04. The van der Waals surface area contributed by atoms with E-state index in [9.17, 15) is 4.79 Å². The van der Waals surface area contributed by atoms with Crippen LogP contribution in [0, 0.1) is 11.3 Å². The molecular formula is C17H23N3O2S. The van der Waals surface area contributed by atoms with E-state index < -0.39 is 12.0 Å². The number of thiophene rings is 1. The molecule has 0 aliphatic heterocycles. The number of nitrogens with zero attached hydrogens (tertiary/aromatic N) is 2. The SMILES string of the molecule is CC(Nc1ncnc2sc3c(c12)CCC(C(C)(C)C)C3)C(=O)O. The van der Waals surface area contributed by atoms with Crippen molar-refractivity contribution in [2.24, 2.45) is 11.3 Å². The Bertz CT molecular complexity index is 748. The van der Waals surface area contributed by atoms with E-state index in [1.807, 2.05) is 0 Å². The summed E-state index contributed by atoms with van der Waals surface area (Å²) in [6, 6.07) is -0.672. The summed E-state index contributed by atoms with van der Waals surface area (Å²) in [6.07, 6.45) is 4.77. The molecule has 2 atom stereocenters. The number of rotatable bonds is 3. The molecule has 2 heterocycles. The number of aliphatic carboxylic acids is 1. The van der Waals surface area contributed by atoms with Gasteiger partial charge in [0, 0.05) is 4.88 Å². The lowest BCUT2D eigenvalue weighted by Crippen LogP contribution is -2.27. The van der Waals surface area contributed by atoms with E-state index >= 15 is 0 Å². The molecule has 2 N–H and O–H groups in total. The smallest absolute Gasteiger partial charge is 0.325 e. The number of carboxylic acid groups (broad SMARTS) is 1. The molecule has 2 aromatic heterocycles. The maximum atomic E-state index is 11.1. The molecule has 23 heavy (non-hydrogen) atoms. The van der Waals surface area contributed by atoms with Gasteiger partial charge in [-0.2, -0.15) is 0 Å². The van der Waals surface area contributed by atoms with Gasteiger partial charge in [0.2, 0.25) is 0 Å². The standard InChI is InChI=1S/C17H23N3O2S/c1-9(16(21)22)20-14-13-11-6-5-10(17(2,3)4)7-12(11)23-15(13)19-8-18-14/h8-10H,5-7H2,1-4H3,(H,21,22)(H,18,19,20). The molecule has 2 unspecified atom stereocenters. The number of nitrogens with one attached hydrogen (secondary N) is 1. The summed E-state index contributed by atoms with van der Waals surface area (Å²) in [6.45, 7) is 8.54. The molecular weight excluding hydrogens is 310 g/mol. The molecule has 2 aromatic rings. The highest BCUT2D eigenvalue weighted by Crippen LogP contribution is 2.44. The first kappa shape index (κ1) is 16.2. The van der Waals surface area contributed by atoms with Gasteiger partial charge in [-0.15, -0.1) is 11.3 Å². The fraction of sp³-hybridized carbons (Fsp3) is 0.588. The summed E-state index contributed by atoms with van der Waals surface area (Å²) in [5.41, 5.74) is 1.62. The van der Waals surface area contributed by atoms with Gasteiger partial charge in [-0.3, -0.25) is 4.79 Å². The van der Waals surface area contributed by atoms with Crippen LogP contribution < -0.4 is 5.32 Å². The Labute approximate surface area is 140 Å². The molecule has 3 rings (SSSR count). The Morgan fingerprint density at radius 1 is 1.43 bits per heavy atom. The minimum Gasteiger partial charge on any atom is -0.480 e. The van der Waals surface area contributed by atoms with Crippen LogP contribution in [0.15, 0.2) is 6.33 Å². The number of carbonyl (C=O) groups is 1. The molecule has 124 valence electrons. The molecule has 0 fully saturated rings. The number of carboxylic acids is 1. The average molecular weight is 333 g/mol. The third-order valence-electron chi connectivity index (χ3n) is 4.79. The van der Waals surface area contributed by atoms with Gasteiger partial charge < -0.3 is 10.4 Å². The Hall–Kier alpha value is -1.69. The van der Waals surface area contributed by atoms with Crippen molar-refractivity contribution in [1.82, 2.24) is 9.97 Å². The van der Waals surface area contributed by atoms with E-state index in [0.29, 0.717) is 17.2 Å². The van der Waals surface area contributed by atoms with Crippen LogP contribution >= 0.6 is 11.3 Å². The normalized spacial score (nSPS) is 19.4. The van der Waals surface area contributed by atoms with E-state index in [2.05, 4.69) is 36.1 Å². The zero-order valence-electron chi connectivity index (χ0n) is 14.0. The lowest BCUT2D eigenvalue weighted by atomic mass is 9.72. The molecule has 0 bridgehead atoms. The van der Waals surface area contributed by atoms with Gasteiger partial charge in [-0.1, -0.05) is 20.8 Å². The molecule has 0 saturated heterocycles. The Morgan fingerprint density at radius 3 is 2.83 bits per heavy atom. The molecule has 5 nitrogen and oxygen atoms in total. The second kappa shape index (κ2) is 5.74. The van der Waals surface area contributed by atoms with Crippen LogP contribution in [0.5, 0.6) is 0 Å². The van der Waals surface area contributed by atoms with Crippen LogP contribution in [0.3, 0.4) is 0 Å². The zero-order valence-corrected chi connectivity index (χ0v) is 14.8. The Morgan fingerprint density at radius 2 is 2.17 bits per heavy atom. The molecule has 0 radical (unpaired) electrons. The van der Waals surface area contributed by atoms with Crippen LogP contribution in [0.2, 0.25) is 0 Å². The number of fused-ring (bicyclic) bond motifs is 3. The topological polar surface area (TPSA) is 75.1 Å². The largest absolute Gasteiger partial charge is 0.480 e. The number of aromatic nitrogens is 2. The van der Waals surface area contributed by atoms with E-state index in [4.69, 9.17) is 5.11 Å². The monoisotopic (exact) mass is 333 g/mol. The van der Waals surface area contributed by atoms with Crippen molar-refractivity contribution in [3.63, 3.8) is 0 Å². The van der Waals surface area contributed by atoms with Crippen molar-refractivity contribution >= 4 is 33.3 Å². The maximum Gasteiger partial charge on any atom is 0.325 e. The van der Waals surface area contributed by atoms with Gasteiger partial charge in [0.1, 0.15) is 23.0 Å².